The molecule has 2 heterocycles. The van der Waals surface area contributed by atoms with Gasteiger partial charge in [-0.3, -0.25) is 4.79 Å². The van der Waals surface area contributed by atoms with Crippen LogP contribution in [0.15, 0.2) is 72.0 Å². The Bertz CT molecular complexity index is 1400. The normalized spacial score (nSPS) is 24.0. The second-order valence-corrected chi connectivity index (χ2v) is 9.30. The van der Waals surface area contributed by atoms with Gasteiger partial charge in [0.25, 0.3) is 0 Å². The van der Waals surface area contributed by atoms with Crippen LogP contribution in [0.1, 0.15) is 25.0 Å². The van der Waals surface area contributed by atoms with Crippen LogP contribution in [0.25, 0.3) is 11.6 Å². The number of nitrogens with zero attached hydrogens (tertiary/aromatic N) is 3. The summed E-state index contributed by atoms with van der Waals surface area (Å²) in [5, 5.41) is 51.7. The molecule has 1 fully saturated rings. The maximum absolute atomic E-state index is 11.7. The molecule has 1 amide bonds. The lowest BCUT2D eigenvalue weighted by Crippen LogP contribution is -2.65. The van der Waals surface area contributed by atoms with Crippen molar-refractivity contribution in [3.63, 3.8) is 0 Å². The number of aliphatic hydroxyl groups excluding tert-OH is 3. The largest absolute Gasteiger partial charge is 0.463 e. The molecule has 0 spiro atoms. The van der Waals surface area contributed by atoms with Gasteiger partial charge in [-0.25, -0.2) is 0 Å². The number of para-hydroxylation sites is 1. The fraction of sp³-hybridized carbons (Fsp3) is 0.300. The summed E-state index contributed by atoms with van der Waals surface area (Å²) in [5.41, 5.74) is 3.99. The Labute approximate surface area is 232 Å². The molecule has 0 aliphatic carbocycles. The number of fused-ring (bicyclic) bond motifs is 1. The minimum atomic E-state index is -1.40. The molecule has 0 saturated carbocycles. The number of anilines is 1. The molecule has 1 saturated heterocycles. The van der Waals surface area contributed by atoms with Gasteiger partial charge in [0.2, 0.25) is 12.2 Å². The number of benzene rings is 2. The predicted octanol–water partition coefficient (Wildman–Crippen LogP) is 2.25. The van der Waals surface area contributed by atoms with Crippen molar-refractivity contribution in [3.05, 3.63) is 83.1 Å². The highest BCUT2D eigenvalue weighted by atomic mass is 16.7. The van der Waals surface area contributed by atoms with Crippen molar-refractivity contribution in [2.45, 2.75) is 44.5 Å². The number of likely N-dealkylation sites (N-methyl/N-ethyl adjacent to an activating group) is 1. The molecule has 2 aromatic rings. The van der Waals surface area contributed by atoms with Gasteiger partial charge in [0.1, 0.15) is 47.8 Å². The van der Waals surface area contributed by atoms with E-state index in [9.17, 15) is 30.6 Å². The van der Waals surface area contributed by atoms with Gasteiger partial charge in [-0.2, -0.15) is 10.5 Å². The summed E-state index contributed by atoms with van der Waals surface area (Å²) >= 11 is 0. The Hall–Kier alpha value is -4.45. The van der Waals surface area contributed by atoms with Gasteiger partial charge >= 0.3 is 0 Å². The number of rotatable bonds is 7. The van der Waals surface area contributed by atoms with E-state index in [-0.39, 0.29) is 5.57 Å². The fourth-order valence-electron chi connectivity index (χ4n) is 4.77. The highest BCUT2D eigenvalue weighted by molar-refractivity contribution is 5.93. The van der Waals surface area contributed by atoms with Crippen LogP contribution >= 0.6 is 0 Å². The van der Waals surface area contributed by atoms with Gasteiger partial charge in [0, 0.05) is 36.0 Å². The number of allylic oxidation sites excluding steroid dienone is 4. The van der Waals surface area contributed by atoms with E-state index in [1.54, 1.807) is 24.3 Å². The first-order valence-electron chi connectivity index (χ1n) is 12.8. The number of hydrogen-bond donors (Lipinski definition) is 4. The smallest absolute Gasteiger partial charge is 0.223 e. The second-order valence-electron chi connectivity index (χ2n) is 9.30. The van der Waals surface area contributed by atoms with E-state index in [0.717, 1.165) is 22.5 Å². The van der Waals surface area contributed by atoms with Gasteiger partial charge in [0.15, 0.2) is 0 Å². The molecule has 206 valence electrons. The van der Waals surface area contributed by atoms with E-state index in [2.05, 4.69) is 10.2 Å². The number of carbonyl (C=O) groups is 1. The van der Waals surface area contributed by atoms with Gasteiger partial charge in [-0.1, -0.05) is 36.4 Å². The molecule has 0 aromatic heterocycles. The van der Waals surface area contributed by atoms with Crippen LogP contribution in [0.5, 0.6) is 5.75 Å². The molecule has 2 aliphatic rings. The standard InChI is InChI=1S/C30H30N4O6/c1-3-34-21(14-24(20(15-31)16-32)23-6-4-5-7-25(23)34)11-8-19-9-12-22(13-10-19)39-30-27(33-18(2)36)29(38)28(37)26(17-35)40-30/h4-14,26-30,35,37-38H,3,17H2,1-2H3,(H,33,36)/b11-8+. The van der Waals surface area contributed by atoms with E-state index in [0.29, 0.717) is 17.9 Å². The average molecular weight is 543 g/mol. The molecule has 10 nitrogen and oxygen atoms in total. The molecule has 2 aliphatic heterocycles. The fourth-order valence-corrected chi connectivity index (χ4v) is 4.77. The quantitative estimate of drug-likeness (QED) is 0.385. The summed E-state index contributed by atoms with van der Waals surface area (Å²) in [6.45, 7) is 3.43. The maximum Gasteiger partial charge on any atom is 0.223 e. The van der Waals surface area contributed by atoms with Crippen LogP contribution in [-0.4, -0.2) is 65.0 Å². The highest BCUT2D eigenvalue weighted by Crippen LogP contribution is 2.38. The van der Waals surface area contributed by atoms with Crippen LogP contribution in [0.3, 0.4) is 0 Å². The van der Waals surface area contributed by atoms with Crippen molar-refractivity contribution in [3.8, 4) is 17.9 Å². The third kappa shape index (κ3) is 5.91. The lowest BCUT2D eigenvalue weighted by molar-refractivity contribution is -0.244. The van der Waals surface area contributed by atoms with E-state index in [1.165, 1.54) is 6.92 Å². The summed E-state index contributed by atoms with van der Waals surface area (Å²) in [6, 6.07) is 17.6. The number of nitrogens with one attached hydrogen (secondary N) is 1. The first kappa shape index (κ1) is 28.6. The number of hydrogen-bond acceptors (Lipinski definition) is 9. The van der Waals surface area contributed by atoms with E-state index < -0.39 is 43.2 Å². The molecular weight excluding hydrogens is 512 g/mol. The molecule has 40 heavy (non-hydrogen) atoms. The summed E-state index contributed by atoms with van der Waals surface area (Å²) in [4.78, 5) is 13.7. The van der Waals surface area contributed by atoms with Crippen LogP contribution in [0.4, 0.5) is 5.69 Å². The van der Waals surface area contributed by atoms with Crippen LogP contribution in [0, 0.1) is 22.7 Å². The van der Waals surface area contributed by atoms with Gasteiger partial charge in [0.05, 0.1) is 6.61 Å². The van der Waals surface area contributed by atoms with Crippen LogP contribution < -0.4 is 15.0 Å². The number of ether oxygens (including phenoxy) is 2. The average Bonchev–Trinajstić information content (AvgIpc) is 2.96. The zero-order chi connectivity index (χ0) is 28.8. The third-order valence-corrected chi connectivity index (χ3v) is 6.73. The third-order valence-electron chi connectivity index (χ3n) is 6.73. The van der Waals surface area contributed by atoms with Gasteiger partial charge in [-0.15, -0.1) is 0 Å². The molecule has 0 bridgehead atoms. The number of aliphatic hydroxyl groups is 3. The maximum atomic E-state index is 11.7. The molecule has 5 unspecified atom stereocenters. The molecule has 10 heteroatoms. The number of carbonyl (C=O) groups excluding carboxylic acids is 1. The zero-order valence-electron chi connectivity index (χ0n) is 22.1. The van der Waals surface area contributed by atoms with E-state index in [4.69, 9.17) is 9.47 Å². The lowest BCUT2D eigenvalue weighted by Gasteiger charge is -2.42. The Morgan fingerprint density at radius 2 is 1.80 bits per heavy atom. The summed E-state index contributed by atoms with van der Waals surface area (Å²) in [6.07, 6.45) is 0.602. The topological polar surface area (TPSA) is 159 Å². The monoisotopic (exact) mass is 542 g/mol. The Morgan fingerprint density at radius 3 is 2.42 bits per heavy atom. The van der Waals surface area contributed by atoms with Crippen molar-refractivity contribution >= 4 is 23.2 Å². The summed E-state index contributed by atoms with van der Waals surface area (Å²) in [7, 11) is 0. The SMILES string of the molecule is CCN1C(/C=C/c2ccc(OC3OC(CO)C(O)C(O)C3NC(C)=O)cc2)=CC(=C(C#N)C#N)c2ccccc21. The molecule has 4 rings (SSSR count). The Morgan fingerprint density at radius 1 is 1.10 bits per heavy atom. The number of nitriles is 2. The van der Waals surface area contributed by atoms with E-state index >= 15 is 0 Å². The molecule has 4 N–H and O–H groups in total. The molecule has 2 aromatic carbocycles. The molecule has 5 atom stereocenters. The summed E-state index contributed by atoms with van der Waals surface area (Å²) in [5.74, 6) is -0.0523. The van der Waals surface area contributed by atoms with Crippen molar-refractivity contribution in [1.29, 1.82) is 10.5 Å². The molecular formula is C30H30N4O6. The number of amides is 1. The highest BCUT2D eigenvalue weighted by Gasteiger charge is 2.46. The van der Waals surface area contributed by atoms with Crippen molar-refractivity contribution < 1.29 is 29.6 Å². The first-order chi connectivity index (χ1) is 19.3. The van der Waals surface area contributed by atoms with Gasteiger partial charge < -0.3 is 35.0 Å². The van der Waals surface area contributed by atoms with Crippen LogP contribution in [-0.2, 0) is 9.53 Å². The minimum Gasteiger partial charge on any atom is -0.463 e. The van der Waals surface area contributed by atoms with Crippen molar-refractivity contribution in [2.75, 3.05) is 18.1 Å². The van der Waals surface area contributed by atoms with Gasteiger partial charge in [-0.05, 0) is 42.8 Å². The predicted molar refractivity (Wildman–Crippen MR) is 147 cm³/mol. The van der Waals surface area contributed by atoms with E-state index in [1.807, 2.05) is 61.6 Å². The van der Waals surface area contributed by atoms with Crippen molar-refractivity contribution in [1.82, 2.24) is 5.32 Å². The van der Waals surface area contributed by atoms with Crippen molar-refractivity contribution in [2.24, 2.45) is 0 Å². The zero-order valence-corrected chi connectivity index (χ0v) is 22.1. The molecule has 0 radical (unpaired) electrons. The van der Waals surface area contributed by atoms with Crippen LogP contribution in [0.2, 0.25) is 0 Å². The Balaban J connectivity index is 1.56. The summed E-state index contributed by atoms with van der Waals surface area (Å²) < 4.78 is 11.5. The lowest BCUT2D eigenvalue weighted by atomic mass is 9.93. The Kier molecular flexibility index (Phi) is 9.00. The minimum absolute atomic E-state index is 0.0409. The first-order valence-corrected chi connectivity index (χ1v) is 12.8. The second kappa shape index (κ2) is 12.6.